The van der Waals surface area contributed by atoms with Crippen molar-refractivity contribution in [1.82, 2.24) is 0 Å². The average molecular weight is 194 g/mol. The van der Waals surface area contributed by atoms with Crippen LogP contribution >= 0.6 is 0 Å². The van der Waals surface area contributed by atoms with E-state index in [4.69, 9.17) is 0 Å². The molecular weight excluding hydrogens is 184 g/mol. The maximum Gasteiger partial charge on any atom is 0.296 e. The van der Waals surface area contributed by atoms with Crippen molar-refractivity contribution < 1.29 is 22.7 Å². The molecule has 0 N–H and O–H groups in total. The normalized spacial score (nSPS) is 10.2. The molecule has 0 aliphatic rings. The van der Waals surface area contributed by atoms with Crippen LogP contribution in [-0.4, -0.2) is 14.2 Å². The van der Waals surface area contributed by atoms with Gasteiger partial charge in [0, 0.05) is 12.0 Å². The van der Waals surface area contributed by atoms with Crippen LogP contribution in [0.15, 0.2) is 0 Å². The van der Waals surface area contributed by atoms with Gasteiger partial charge in [-0.2, -0.15) is 8.42 Å². The Kier molecular flexibility index (Phi) is 5.45. The van der Waals surface area contributed by atoms with Crippen LogP contribution in [0, 0.1) is 12.0 Å². The largest absolute Gasteiger partial charge is 0.296 e. The minimum absolute atomic E-state index is 0.115. The molecular formula is C6H10O5S. The SMILES string of the molecule is CC#COOOS(=O)(=O)CCC. The van der Waals surface area contributed by atoms with Gasteiger partial charge in [0.1, 0.15) is 0 Å². The molecule has 0 atom stereocenters. The summed E-state index contributed by atoms with van der Waals surface area (Å²) < 4.78 is 25.4. The van der Waals surface area contributed by atoms with Crippen molar-refractivity contribution in [2.24, 2.45) is 0 Å². The Bertz CT molecular complexity index is 257. The van der Waals surface area contributed by atoms with E-state index in [1.807, 2.05) is 6.11 Å². The lowest BCUT2D eigenvalue weighted by Crippen LogP contribution is -2.09. The van der Waals surface area contributed by atoms with E-state index < -0.39 is 10.1 Å². The first-order valence-corrected chi connectivity index (χ1v) is 4.86. The van der Waals surface area contributed by atoms with Crippen molar-refractivity contribution in [3.05, 3.63) is 0 Å². The summed E-state index contributed by atoms with van der Waals surface area (Å²) in [7, 11) is -3.63. The third-order valence-electron chi connectivity index (χ3n) is 0.763. The van der Waals surface area contributed by atoms with Gasteiger partial charge in [0.25, 0.3) is 10.1 Å². The van der Waals surface area contributed by atoms with E-state index in [-0.39, 0.29) is 5.75 Å². The molecule has 0 saturated heterocycles. The van der Waals surface area contributed by atoms with Crippen molar-refractivity contribution in [3.63, 3.8) is 0 Å². The molecule has 0 fully saturated rings. The molecule has 0 aliphatic heterocycles. The number of hydrogen-bond acceptors (Lipinski definition) is 5. The Morgan fingerprint density at radius 1 is 1.42 bits per heavy atom. The summed E-state index contributed by atoms with van der Waals surface area (Å²) in [6.07, 6.45) is 2.45. The Hall–Kier alpha value is -0.770. The van der Waals surface area contributed by atoms with Crippen LogP contribution in [-0.2, 0) is 24.4 Å². The first-order valence-electron chi connectivity index (χ1n) is 3.28. The van der Waals surface area contributed by atoms with Gasteiger partial charge >= 0.3 is 0 Å². The van der Waals surface area contributed by atoms with Crippen molar-refractivity contribution in [2.75, 3.05) is 5.75 Å². The second-order valence-electron chi connectivity index (χ2n) is 1.83. The first kappa shape index (κ1) is 11.2. The zero-order valence-electron chi connectivity index (χ0n) is 6.86. The summed E-state index contributed by atoms with van der Waals surface area (Å²) in [6.45, 7) is 3.21. The molecule has 0 aliphatic carbocycles. The molecule has 6 heteroatoms. The van der Waals surface area contributed by atoms with E-state index in [0.717, 1.165) is 0 Å². The molecule has 0 aromatic heterocycles. The summed E-state index contributed by atoms with van der Waals surface area (Å²) in [5.41, 5.74) is 0. The predicted octanol–water partition coefficient (Wildman–Crippen LogP) is 0.587. The fourth-order valence-corrected chi connectivity index (χ4v) is 1.08. The molecule has 0 saturated carbocycles. The maximum absolute atomic E-state index is 10.7. The summed E-state index contributed by atoms with van der Waals surface area (Å²) in [4.78, 5) is 4.00. The van der Waals surface area contributed by atoms with Crippen molar-refractivity contribution in [1.29, 1.82) is 0 Å². The van der Waals surface area contributed by atoms with Crippen LogP contribution < -0.4 is 0 Å². The second-order valence-corrected chi connectivity index (χ2v) is 3.49. The lowest BCUT2D eigenvalue weighted by molar-refractivity contribution is -0.429. The van der Waals surface area contributed by atoms with Crippen molar-refractivity contribution in [3.8, 4) is 12.0 Å². The van der Waals surface area contributed by atoms with Gasteiger partial charge in [-0.3, -0.25) is 4.89 Å². The lowest BCUT2D eigenvalue weighted by Gasteiger charge is -1.97. The maximum atomic E-state index is 10.7. The Morgan fingerprint density at radius 3 is 2.58 bits per heavy atom. The molecule has 12 heavy (non-hydrogen) atoms. The molecule has 5 nitrogen and oxygen atoms in total. The highest BCUT2D eigenvalue weighted by molar-refractivity contribution is 7.86. The molecule has 0 amide bonds. The molecule has 0 heterocycles. The fourth-order valence-electron chi connectivity index (χ4n) is 0.399. The molecule has 0 radical (unpaired) electrons. The molecule has 0 aromatic rings. The Labute approximate surface area is 71.6 Å². The second kappa shape index (κ2) is 5.83. The Balaban J connectivity index is 3.67. The van der Waals surface area contributed by atoms with Crippen LogP contribution in [0.25, 0.3) is 0 Å². The summed E-state index contributed by atoms with van der Waals surface area (Å²) >= 11 is 0. The van der Waals surface area contributed by atoms with Crippen LogP contribution in [0.3, 0.4) is 0 Å². The zero-order chi connectivity index (χ0) is 9.45. The van der Waals surface area contributed by atoms with Gasteiger partial charge in [0.2, 0.25) is 0 Å². The smallest absolute Gasteiger partial charge is 0.251 e. The number of rotatable bonds is 5. The van der Waals surface area contributed by atoms with E-state index in [1.165, 1.54) is 6.92 Å². The third-order valence-corrected chi connectivity index (χ3v) is 1.93. The summed E-state index contributed by atoms with van der Waals surface area (Å²) in [5, 5.41) is 3.83. The van der Waals surface area contributed by atoms with Gasteiger partial charge in [-0.05, 0) is 6.42 Å². The van der Waals surface area contributed by atoms with Gasteiger partial charge in [-0.1, -0.05) is 17.2 Å². The highest BCUT2D eigenvalue weighted by Crippen LogP contribution is 1.96. The minimum Gasteiger partial charge on any atom is -0.251 e. The van der Waals surface area contributed by atoms with Gasteiger partial charge in [0.05, 0.1) is 5.75 Å². The zero-order valence-corrected chi connectivity index (χ0v) is 7.68. The van der Waals surface area contributed by atoms with E-state index in [1.54, 1.807) is 6.92 Å². The van der Waals surface area contributed by atoms with E-state index in [2.05, 4.69) is 20.2 Å². The van der Waals surface area contributed by atoms with E-state index in [9.17, 15) is 8.42 Å². The average Bonchev–Trinajstić information content (AvgIpc) is 1.98. The topological polar surface area (TPSA) is 61.8 Å². The summed E-state index contributed by atoms with van der Waals surface area (Å²) in [5.74, 6) is 2.20. The fraction of sp³-hybridized carbons (Fsp3) is 0.667. The molecule has 70 valence electrons. The van der Waals surface area contributed by atoms with Crippen LogP contribution in [0.5, 0.6) is 0 Å². The van der Waals surface area contributed by atoms with E-state index in [0.29, 0.717) is 6.42 Å². The number of hydrogen-bond donors (Lipinski definition) is 0. The van der Waals surface area contributed by atoms with E-state index >= 15 is 0 Å². The van der Waals surface area contributed by atoms with Crippen LogP contribution in [0.2, 0.25) is 0 Å². The Morgan fingerprint density at radius 2 is 2.08 bits per heavy atom. The standard InChI is InChI=1S/C6H10O5S/c1-3-5-9-10-11-12(7,8)6-4-2/h4,6H2,1-2H3. The highest BCUT2D eigenvalue weighted by atomic mass is 32.2. The van der Waals surface area contributed by atoms with Crippen molar-refractivity contribution >= 4 is 10.1 Å². The minimum atomic E-state index is -3.63. The summed E-state index contributed by atoms with van der Waals surface area (Å²) in [6, 6.07) is 0. The van der Waals surface area contributed by atoms with Gasteiger partial charge in [-0.25, -0.2) is 0 Å². The molecule has 0 rings (SSSR count). The van der Waals surface area contributed by atoms with Crippen LogP contribution in [0.4, 0.5) is 0 Å². The third kappa shape index (κ3) is 5.97. The van der Waals surface area contributed by atoms with Crippen LogP contribution in [0.1, 0.15) is 20.3 Å². The van der Waals surface area contributed by atoms with Gasteiger partial charge < -0.3 is 0 Å². The van der Waals surface area contributed by atoms with Gasteiger partial charge in [0.15, 0.2) is 6.11 Å². The van der Waals surface area contributed by atoms with Gasteiger partial charge in [-0.15, -0.1) is 0 Å². The quantitative estimate of drug-likeness (QED) is 0.277. The first-order chi connectivity index (χ1) is 5.62. The lowest BCUT2D eigenvalue weighted by atomic mass is 10.6. The monoisotopic (exact) mass is 194 g/mol. The molecule has 0 bridgehead atoms. The predicted molar refractivity (Wildman–Crippen MR) is 40.8 cm³/mol. The van der Waals surface area contributed by atoms with Crippen molar-refractivity contribution in [2.45, 2.75) is 20.3 Å². The molecule has 0 spiro atoms. The molecule has 0 unspecified atom stereocenters. The highest BCUT2D eigenvalue weighted by Gasteiger charge is 2.10. The molecule has 0 aromatic carbocycles.